The van der Waals surface area contributed by atoms with Gasteiger partial charge in [0.25, 0.3) is 5.69 Å². The van der Waals surface area contributed by atoms with Crippen molar-refractivity contribution in [3.8, 4) is 5.75 Å². The molecule has 0 unspecified atom stereocenters. The van der Waals surface area contributed by atoms with Crippen molar-refractivity contribution in [1.82, 2.24) is 0 Å². The SMILES string of the molecule is O=COC(=O)CCCCC(=O)Oc1ccc([N+](=O)[O-])cc1. The molecule has 0 heterocycles. The third kappa shape index (κ3) is 6.28. The minimum Gasteiger partial charge on any atom is -0.427 e. The second kappa shape index (κ2) is 8.41. The number of non-ortho nitro benzene ring substituents is 1. The summed E-state index contributed by atoms with van der Waals surface area (Å²) >= 11 is 0. The number of nitro benzene ring substituents is 1. The van der Waals surface area contributed by atoms with Gasteiger partial charge in [0.05, 0.1) is 4.92 Å². The number of esters is 2. The van der Waals surface area contributed by atoms with Crippen molar-refractivity contribution in [2.24, 2.45) is 0 Å². The summed E-state index contributed by atoms with van der Waals surface area (Å²) in [6, 6.07) is 5.13. The average Bonchev–Trinajstić information content (AvgIpc) is 2.44. The predicted molar refractivity (Wildman–Crippen MR) is 69.4 cm³/mol. The van der Waals surface area contributed by atoms with E-state index in [0.717, 1.165) is 0 Å². The van der Waals surface area contributed by atoms with Gasteiger partial charge in [-0.2, -0.15) is 0 Å². The lowest BCUT2D eigenvalue weighted by Gasteiger charge is -2.03. The molecule has 112 valence electrons. The molecule has 0 aromatic heterocycles. The van der Waals surface area contributed by atoms with Crippen LogP contribution in [0.5, 0.6) is 5.75 Å². The van der Waals surface area contributed by atoms with Crippen molar-refractivity contribution in [2.45, 2.75) is 25.7 Å². The smallest absolute Gasteiger partial charge is 0.313 e. The first-order valence-corrected chi connectivity index (χ1v) is 6.11. The van der Waals surface area contributed by atoms with E-state index in [1.807, 2.05) is 0 Å². The highest BCUT2D eigenvalue weighted by molar-refractivity contribution is 5.76. The Labute approximate surface area is 119 Å². The van der Waals surface area contributed by atoms with Gasteiger partial charge in [0.1, 0.15) is 5.75 Å². The van der Waals surface area contributed by atoms with Gasteiger partial charge >= 0.3 is 18.4 Å². The molecule has 0 fully saturated rings. The Kier molecular flexibility index (Phi) is 6.52. The number of nitrogens with zero attached hydrogens (tertiary/aromatic N) is 1. The molecular formula is C13H13NO7. The molecule has 0 saturated carbocycles. The molecule has 1 aromatic rings. The normalized spacial score (nSPS) is 9.71. The summed E-state index contributed by atoms with van der Waals surface area (Å²) in [5, 5.41) is 10.4. The first kappa shape index (κ1) is 16.3. The zero-order valence-electron chi connectivity index (χ0n) is 11.0. The quantitative estimate of drug-likeness (QED) is 0.136. The third-order valence-electron chi connectivity index (χ3n) is 2.47. The van der Waals surface area contributed by atoms with Gasteiger partial charge in [0, 0.05) is 25.0 Å². The van der Waals surface area contributed by atoms with Crippen LogP contribution in [0.3, 0.4) is 0 Å². The third-order valence-corrected chi connectivity index (χ3v) is 2.47. The molecular weight excluding hydrogens is 282 g/mol. The first-order chi connectivity index (χ1) is 10.0. The van der Waals surface area contributed by atoms with Gasteiger partial charge in [-0.3, -0.25) is 24.5 Å². The number of rotatable bonds is 8. The van der Waals surface area contributed by atoms with Crippen LogP contribution in [0.15, 0.2) is 24.3 Å². The highest BCUT2D eigenvalue weighted by Gasteiger charge is 2.09. The van der Waals surface area contributed by atoms with Crippen molar-refractivity contribution < 1.29 is 28.8 Å². The number of hydrogen-bond donors (Lipinski definition) is 0. The van der Waals surface area contributed by atoms with Crippen LogP contribution in [-0.4, -0.2) is 23.3 Å². The van der Waals surface area contributed by atoms with Gasteiger partial charge in [-0.25, -0.2) is 0 Å². The molecule has 0 aliphatic carbocycles. The molecule has 0 aliphatic heterocycles. The van der Waals surface area contributed by atoms with Gasteiger partial charge in [-0.15, -0.1) is 0 Å². The van der Waals surface area contributed by atoms with Gasteiger partial charge in [-0.1, -0.05) is 0 Å². The van der Waals surface area contributed by atoms with E-state index in [4.69, 9.17) is 4.74 Å². The fraction of sp³-hybridized carbons (Fsp3) is 0.308. The van der Waals surface area contributed by atoms with E-state index >= 15 is 0 Å². The Bertz CT molecular complexity index is 524. The van der Waals surface area contributed by atoms with Crippen molar-refractivity contribution in [1.29, 1.82) is 0 Å². The number of ether oxygens (including phenoxy) is 2. The fourth-order valence-corrected chi connectivity index (χ4v) is 1.47. The number of carbonyl (C=O) groups excluding carboxylic acids is 3. The van der Waals surface area contributed by atoms with Gasteiger partial charge in [-0.05, 0) is 25.0 Å². The molecule has 0 radical (unpaired) electrons. The van der Waals surface area contributed by atoms with Crippen LogP contribution in [0, 0.1) is 10.1 Å². The molecule has 0 N–H and O–H groups in total. The zero-order valence-corrected chi connectivity index (χ0v) is 11.0. The van der Waals surface area contributed by atoms with E-state index < -0.39 is 16.9 Å². The van der Waals surface area contributed by atoms with E-state index in [0.29, 0.717) is 12.8 Å². The molecule has 0 bridgehead atoms. The summed E-state index contributed by atoms with van der Waals surface area (Å²) in [5.74, 6) is -0.938. The Morgan fingerprint density at radius 1 is 1.10 bits per heavy atom. The van der Waals surface area contributed by atoms with Gasteiger partial charge < -0.3 is 9.47 Å². The second-order valence-electron chi connectivity index (χ2n) is 4.02. The predicted octanol–water partition coefficient (Wildman–Crippen LogP) is 1.76. The van der Waals surface area contributed by atoms with E-state index in [1.54, 1.807) is 0 Å². The summed E-state index contributed by atoms with van der Waals surface area (Å²) in [7, 11) is 0. The lowest BCUT2D eigenvalue weighted by Crippen LogP contribution is -2.08. The molecule has 1 rings (SSSR count). The lowest BCUT2D eigenvalue weighted by molar-refractivity contribution is -0.384. The van der Waals surface area contributed by atoms with Crippen LogP contribution in [0.2, 0.25) is 0 Å². The largest absolute Gasteiger partial charge is 0.427 e. The van der Waals surface area contributed by atoms with Gasteiger partial charge in [0.2, 0.25) is 0 Å². The Hall–Kier alpha value is -2.77. The van der Waals surface area contributed by atoms with Crippen molar-refractivity contribution in [2.75, 3.05) is 0 Å². The summed E-state index contributed by atoms with van der Waals surface area (Å²) < 4.78 is 9.05. The summed E-state index contributed by atoms with van der Waals surface area (Å²) in [4.78, 5) is 42.1. The molecule has 1 aromatic carbocycles. The Morgan fingerprint density at radius 2 is 1.67 bits per heavy atom. The molecule has 0 spiro atoms. The van der Waals surface area contributed by atoms with Crippen molar-refractivity contribution in [3.63, 3.8) is 0 Å². The maximum atomic E-state index is 11.5. The maximum absolute atomic E-state index is 11.5. The van der Waals surface area contributed by atoms with Crippen LogP contribution in [0.4, 0.5) is 5.69 Å². The molecule has 0 atom stereocenters. The standard InChI is InChI=1S/C13H13NO7/c15-9-20-12(16)3-1-2-4-13(17)21-11-7-5-10(6-8-11)14(18)19/h5-9H,1-4H2. The molecule has 8 nitrogen and oxygen atoms in total. The Balaban J connectivity index is 2.29. The summed E-state index contributed by atoms with van der Waals surface area (Å²) in [6.07, 6.45) is 0.927. The maximum Gasteiger partial charge on any atom is 0.313 e. The monoisotopic (exact) mass is 295 g/mol. The number of benzene rings is 1. The second-order valence-corrected chi connectivity index (χ2v) is 4.02. The Morgan fingerprint density at radius 3 is 2.19 bits per heavy atom. The van der Waals surface area contributed by atoms with E-state index in [1.165, 1.54) is 24.3 Å². The fourth-order valence-electron chi connectivity index (χ4n) is 1.47. The highest BCUT2D eigenvalue weighted by atomic mass is 16.6. The van der Waals surface area contributed by atoms with Crippen molar-refractivity contribution in [3.05, 3.63) is 34.4 Å². The minimum atomic E-state index is -0.645. The number of hydrogen-bond acceptors (Lipinski definition) is 7. The van der Waals surface area contributed by atoms with Gasteiger partial charge in [0.15, 0.2) is 0 Å². The van der Waals surface area contributed by atoms with Crippen LogP contribution in [0.1, 0.15) is 25.7 Å². The van der Waals surface area contributed by atoms with Crippen LogP contribution >= 0.6 is 0 Å². The molecule has 21 heavy (non-hydrogen) atoms. The van der Waals surface area contributed by atoms with E-state index in [2.05, 4.69) is 4.74 Å². The summed E-state index contributed by atoms with van der Waals surface area (Å²) in [6.45, 7) is 0.0607. The lowest BCUT2D eigenvalue weighted by atomic mass is 10.2. The minimum absolute atomic E-state index is 0.0452. The molecule has 8 heteroatoms. The topological polar surface area (TPSA) is 113 Å². The number of nitro groups is 1. The van der Waals surface area contributed by atoms with E-state index in [-0.39, 0.29) is 30.8 Å². The van der Waals surface area contributed by atoms with Crippen LogP contribution < -0.4 is 4.74 Å². The first-order valence-electron chi connectivity index (χ1n) is 6.11. The number of carbonyl (C=O) groups is 3. The van der Waals surface area contributed by atoms with Crippen molar-refractivity contribution >= 4 is 24.1 Å². The molecule has 0 aliphatic rings. The van der Waals surface area contributed by atoms with Crippen LogP contribution in [-0.2, 0) is 19.1 Å². The average molecular weight is 295 g/mol. The van der Waals surface area contributed by atoms with E-state index in [9.17, 15) is 24.5 Å². The van der Waals surface area contributed by atoms with Crippen LogP contribution in [0.25, 0.3) is 0 Å². The summed E-state index contributed by atoms with van der Waals surface area (Å²) in [5.41, 5.74) is -0.0940. The molecule has 0 amide bonds. The highest BCUT2D eigenvalue weighted by Crippen LogP contribution is 2.18. The molecule has 0 saturated heterocycles. The number of unbranched alkanes of at least 4 members (excludes halogenated alkanes) is 1. The zero-order chi connectivity index (χ0) is 15.7.